The second-order valence-corrected chi connectivity index (χ2v) is 6.60. The molecule has 0 amide bonds. The Balaban J connectivity index is 0.00000264. The van der Waals surface area contributed by atoms with E-state index in [1.165, 1.54) is 4.88 Å². The summed E-state index contributed by atoms with van der Waals surface area (Å²) in [4.78, 5) is 12.1. The lowest BCUT2D eigenvalue weighted by Gasteiger charge is -2.21. The summed E-state index contributed by atoms with van der Waals surface area (Å²) < 4.78 is 0. The zero-order valence-corrected chi connectivity index (χ0v) is 17.4. The van der Waals surface area contributed by atoms with Gasteiger partial charge < -0.3 is 10.2 Å². The number of aromatic nitrogens is 1. The molecule has 2 aromatic rings. The van der Waals surface area contributed by atoms with Crippen LogP contribution in [-0.4, -0.2) is 29.9 Å². The first-order valence-corrected chi connectivity index (χ1v) is 8.41. The Hall–Kier alpha value is -0.860. The number of nitrogens with one attached hydrogen (secondary N) is 1. The molecule has 1 N–H and O–H groups in total. The molecule has 0 radical (unpaired) electrons. The minimum Gasteiger partial charge on any atom is -0.350 e. The van der Waals surface area contributed by atoms with Crippen molar-refractivity contribution in [2.45, 2.75) is 26.4 Å². The molecule has 1 heterocycles. The van der Waals surface area contributed by atoms with Crippen LogP contribution in [0.15, 0.2) is 35.5 Å². The molecule has 0 aliphatic carbocycles. The summed E-state index contributed by atoms with van der Waals surface area (Å²) in [6.45, 7) is 3.58. The van der Waals surface area contributed by atoms with Crippen molar-refractivity contribution in [1.29, 1.82) is 0 Å². The van der Waals surface area contributed by atoms with E-state index in [0.29, 0.717) is 6.54 Å². The lowest BCUT2D eigenvalue weighted by Crippen LogP contribution is -2.38. The maximum Gasteiger partial charge on any atom is 0.194 e. The highest BCUT2D eigenvalue weighted by Gasteiger charge is 2.08. The first-order chi connectivity index (χ1) is 10.6. The van der Waals surface area contributed by atoms with Gasteiger partial charge in [-0.05, 0) is 24.1 Å². The van der Waals surface area contributed by atoms with E-state index >= 15 is 0 Å². The first-order valence-electron chi connectivity index (χ1n) is 7.22. The van der Waals surface area contributed by atoms with Crippen LogP contribution in [0.3, 0.4) is 0 Å². The highest BCUT2D eigenvalue weighted by Crippen LogP contribution is 2.14. The van der Waals surface area contributed by atoms with E-state index in [4.69, 9.17) is 11.6 Å². The average molecular weight is 465 g/mol. The number of guanidine groups is 1. The van der Waals surface area contributed by atoms with Crippen LogP contribution in [0.2, 0.25) is 5.02 Å². The Bertz CT molecular complexity index is 645. The third-order valence-electron chi connectivity index (χ3n) is 3.23. The molecular formula is C16H22ClIN4S. The molecule has 0 fully saturated rings. The third kappa shape index (κ3) is 6.27. The predicted molar refractivity (Wildman–Crippen MR) is 110 cm³/mol. The molecule has 0 spiro atoms. The van der Waals surface area contributed by atoms with Crippen LogP contribution in [0.1, 0.15) is 22.4 Å². The summed E-state index contributed by atoms with van der Waals surface area (Å²) in [5.74, 6) is 0.841. The summed E-state index contributed by atoms with van der Waals surface area (Å²) in [5.41, 5.74) is 1.15. The molecule has 1 aromatic heterocycles. The van der Waals surface area contributed by atoms with Crippen molar-refractivity contribution < 1.29 is 0 Å². The van der Waals surface area contributed by atoms with Gasteiger partial charge in [-0.3, -0.25) is 4.99 Å². The van der Waals surface area contributed by atoms with Crippen LogP contribution in [0, 0.1) is 0 Å². The normalized spacial score (nSPS) is 11.0. The van der Waals surface area contributed by atoms with Gasteiger partial charge in [0.1, 0.15) is 5.01 Å². The van der Waals surface area contributed by atoms with Gasteiger partial charge in [0, 0.05) is 36.7 Å². The summed E-state index contributed by atoms with van der Waals surface area (Å²) >= 11 is 7.77. The highest BCUT2D eigenvalue weighted by atomic mass is 127. The topological polar surface area (TPSA) is 40.5 Å². The van der Waals surface area contributed by atoms with Crippen molar-refractivity contribution in [3.8, 4) is 0 Å². The number of aliphatic imine (C=N–C) groups is 1. The minimum atomic E-state index is 0. The van der Waals surface area contributed by atoms with E-state index < -0.39 is 0 Å². The monoisotopic (exact) mass is 464 g/mol. The van der Waals surface area contributed by atoms with Crippen LogP contribution in [0.5, 0.6) is 0 Å². The SMILES string of the molecule is CCc1cnc(CNC(=NC)N(C)Cc2cccc(Cl)c2)s1.I. The maximum atomic E-state index is 6.03. The number of halogens is 2. The quantitative estimate of drug-likeness (QED) is 0.410. The molecule has 0 saturated heterocycles. The van der Waals surface area contributed by atoms with Gasteiger partial charge in [0.25, 0.3) is 0 Å². The smallest absolute Gasteiger partial charge is 0.194 e. The van der Waals surface area contributed by atoms with Crippen molar-refractivity contribution in [2.24, 2.45) is 4.99 Å². The Morgan fingerprint density at radius 1 is 1.43 bits per heavy atom. The number of benzene rings is 1. The minimum absolute atomic E-state index is 0. The Kier molecular flexibility index (Phi) is 8.86. The second kappa shape index (κ2) is 10.1. The molecule has 0 aliphatic heterocycles. The summed E-state index contributed by atoms with van der Waals surface area (Å²) in [6, 6.07) is 7.87. The lowest BCUT2D eigenvalue weighted by molar-refractivity contribution is 0.476. The zero-order chi connectivity index (χ0) is 15.9. The molecule has 0 unspecified atom stereocenters. The summed E-state index contributed by atoms with van der Waals surface area (Å²) in [5, 5.41) is 5.18. The van der Waals surface area contributed by atoms with Gasteiger partial charge in [-0.2, -0.15) is 0 Å². The maximum absolute atomic E-state index is 6.03. The van der Waals surface area contributed by atoms with Crippen molar-refractivity contribution >= 4 is 52.9 Å². The van der Waals surface area contributed by atoms with Gasteiger partial charge in [0.2, 0.25) is 0 Å². The third-order valence-corrected chi connectivity index (χ3v) is 4.61. The molecule has 23 heavy (non-hydrogen) atoms. The van der Waals surface area contributed by atoms with Gasteiger partial charge in [0.05, 0.1) is 6.54 Å². The number of hydrogen-bond acceptors (Lipinski definition) is 3. The average Bonchev–Trinajstić information content (AvgIpc) is 2.96. The fraction of sp³-hybridized carbons (Fsp3) is 0.375. The van der Waals surface area contributed by atoms with Crippen molar-refractivity contribution in [3.63, 3.8) is 0 Å². The van der Waals surface area contributed by atoms with E-state index in [-0.39, 0.29) is 24.0 Å². The standard InChI is InChI=1S/C16H21ClN4S.HI/c1-4-14-9-19-15(22-14)10-20-16(18-2)21(3)11-12-6-5-7-13(17)8-12;/h5-9H,4,10-11H2,1-3H3,(H,18,20);1H. The highest BCUT2D eigenvalue weighted by molar-refractivity contribution is 14.0. The van der Waals surface area contributed by atoms with Crippen LogP contribution >= 0.6 is 46.9 Å². The van der Waals surface area contributed by atoms with Crippen LogP contribution in [0.4, 0.5) is 0 Å². The molecular weight excluding hydrogens is 443 g/mol. The Morgan fingerprint density at radius 3 is 2.83 bits per heavy atom. The molecule has 2 rings (SSSR count). The number of aryl methyl sites for hydroxylation is 1. The molecule has 0 aliphatic rings. The molecule has 0 bridgehead atoms. The van der Waals surface area contributed by atoms with Gasteiger partial charge >= 0.3 is 0 Å². The lowest BCUT2D eigenvalue weighted by atomic mass is 10.2. The first kappa shape index (κ1) is 20.2. The molecule has 0 atom stereocenters. The van der Waals surface area contributed by atoms with Crippen molar-refractivity contribution in [1.82, 2.24) is 15.2 Å². The van der Waals surface area contributed by atoms with E-state index in [1.54, 1.807) is 18.4 Å². The number of rotatable bonds is 5. The largest absolute Gasteiger partial charge is 0.350 e. The van der Waals surface area contributed by atoms with Crippen molar-refractivity contribution in [3.05, 3.63) is 50.9 Å². The second-order valence-electron chi connectivity index (χ2n) is 4.96. The molecule has 0 saturated carbocycles. The number of thiazole rings is 1. The summed E-state index contributed by atoms with van der Waals surface area (Å²) in [6.07, 6.45) is 2.97. The summed E-state index contributed by atoms with van der Waals surface area (Å²) in [7, 11) is 3.80. The Morgan fingerprint density at radius 2 is 2.22 bits per heavy atom. The Labute approximate surface area is 164 Å². The van der Waals surface area contributed by atoms with Gasteiger partial charge in [0.15, 0.2) is 5.96 Å². The van der Waals surface area contributed by atoms with Crippen LogP contribution in [0.25, 0.3) is 0 Å². The van der Waals surface area contributed by atoms with Crippen LogP contribution < -0.4 is 5.32 Å². The molecule has 1 aromatic carbocycles. The van der Waals surface area contributed by atoms with E-state index in [1.807, 2.05) is 31.4 Å². The fourth-order valence-electron chi connectivity index (χ4n) is 2.12. The van der Waals surface area contributed by atoms with Crippen LogP contribution in [-0.2, 0) is 19.5 Å². The molecule has 126 valence electrons. The van der Waals surface area contributed by atoms with Gasteiger partial charge in [-0.15, -0.1) is 35.3 Å². The van der Waals surface area contributed by atoms with Gasteiger partial charge in [-0.1, -0.05) is 30.7 Å². The number of nitrogens with zero attached hydrogens (tertiary/aromatic N) is 3. The predicted octanol–water partition coefficient (Wildman–Crippen LogP) is 4.18. The van der Waals surface area contributed by atoms with E-state index in [2.05, 4.69) is 33.2 Å². The van der Waals surface area contributed by atoms with E-state index in [0.717, 1.165) is 34.5 Å². The molecule has 4 nitrogen and oxygen atoms in total. The number of hydrogen-bond donors (Lipinski definition) is 1. The van der Waals surface area contributed by atoms with Crippen molar-refractivity contribution in [2.75, 3.05) is 14.1 Å². The van der Waals surface area contributed by atoms with E-state index in [9.17, 15) is 0 Å². The fourth-order valence-corrected chi connectivity index (χ4v) is 3.13. The van der Waals surface area contributed by atoms with Gasteiger partial charge in [-0.25, -0.2) is 4.98 Å². The molecule has 7 heteroatoms. The zero-order valence-electron chi connectivity index (χ0n) is 13.5.